The summed E-state index contributed by atoms with van der Waals surface area (Å²) in [5.74, 6) is -0.152. The van der Waals surface area contributed by atoms with Crippen molar-refractivity contribution in [3.05, 3.63) is 67.9 Å². The average Bonchev–Trinajstić information content (AvgIpc) is 2.99. The number of thiazole rings is 1. The molecule has 0 atom stereocenters. The molecule has 0 radical (unpaired) electrons. The van der Waals surface area contributed by atoms with Gasteiger partial charge in [0, 0.05) is 24.9 Å². The fourth-order valence-corrected chi connectivity index (χ4v) is 3.70. The van der Waals surface area contributed by atoms with Crippen molar-refractivity contribution in [3.63, 3.8) is 0 Å². The number of aromatic nitrogens is 1. The second-order valence-corrected chi connectivity index (χ2v) is 8.03. The molecule has 1 N–H and O–H groups in total. The van der Waals surface area contributed by atoms with Crippen LogP contribution in [0.15, 0.2) is 57.5 Å². The van der Waals surface area contributed by atoms with Gasteiger partial charge >= 0.3 is 0 Å². The van der Waals surface area contributed by atoms with Crippen LogP contribution in [-0.4, -0.2) is 10.9 Å². The zero-order chi connectivity index (χ0) is 17.1. The predicted molar refractivity (Wildman–Crippen MR) is 107 cm³/mol. The number of aryl methyl sites for hydroxylation is 1. The number of halogens is 2. The van der Waals surface area contributed by atoms with Crippen molar-refractivity contribution in [2.24, 2.45) is 0 Å². The minimum atomic E-state index is -0.152. The lowest BCUT2D eigenvalue weighted by molar-refractivity contribution is 0.102. The molecule has 0 aliphatic rings. The summed E-state index contributed by atoms with van der Waals surface area (Å²) in [6.07, 6.45) is 0.872. The Bertz CT molecular complexity index is 858. The van der Waals surface area contributed by atoms with Gasteiger partial charge in [0.25, 0.3) is 5.91 Å². The Labute approximate surface area is 161 Å². The lowest BCUT2D eigenvalue weighted by atomic mass is 10.1. The van der Waals surface area contributed by atoms with E-state index in [2.05, 4.69) is 49.1 Å². The van der Waals surface area contributed by atoms with Crippen molar-refractivity contribution in [3.8, 4) is 11.3 Å². The average molecular weight is 466 g/mol. The van der Waals surface area contributed by atoms with Crippen molar-refractivity contribution < 1.29 is 4.79 Å². The van der Waals surface area contributed by atoms with Crippen molar-refractivity contribution >= 4 is 54.2 Å². The van der Waals surface area contributed by atoms with Gasteiger partial charge in [-0.25, -0.2) is 4.98 Å². The molecular weight excluding hydrogens is 452 g/mol. The van der Waals surface area contributed by atoms with E-state index in [1.54, 1.807) is 12.1 Å². The van der Waals surface area contributed by atoms with E-state index in [1.807, 2.05) is 36.4 Å². The predicted octanol–water partition coefficient (Wildman–Crippen LogP) is 6.15. The van der Waals surface area contributed by atoms with E-state index in [0.29, 0.717) is 10.7 Å². The normalized spacial score (nSPS) is 10.6. The van der Waals surface area contributed by atoms with Crippen LogP contribution in [0.3, 0.4) is 0 Å². The first-order chi connectivity index (χ1) is 11.6. The van der Waals surface area contributed by atoms with Crippen molar-refractivity contribution in [2.45, 2.75) is 13.3 Å². The van der Waals surface area contributed by atoms with Gasteiger partial charge in [0.15, 0.2) is 5.13 Å². The second kappa shape index (κ2) is 7.59. The van der Waals surface area contributed by atoms with Crippen molar-refractivity contribution in [2.75, 3.05) is 5.32 Å². The molecule has 2 aromatic carbocycles. The van der Waals surface area contributed by atoms with Crippen molar-refractivity contribution in [1.82, 2.24) is 4.98 Å². The number of benzene rings is 2. The van der Waals surface area contributed by atoms with Gasteiger partial charge in [0.2, 0.25) is 0 Å². The molecule has 0 aliphatic heterocycles. The summed E-state index contributed by atoms with van der Waals surface area (Å²) in [4.78, 5) is 18.1. The molecule has 1 amide bonds. The summed E-state index contributed by atoms with van der Waals surface area (Å²) in [7, 11) is 0. The number of carbonyl (C=O) groups excluding carboxylic acids is 1. The summed E-state index contributed by atoms with van der Waals surface area (Å²) < 4.78 is 1.97. The summed E-state index contributed by atoms with van der Waals surface area (Å²) in [5, 5.41) is 3.52. The van der Waals surface area contributed by atoms with Crippen LogP contribution in [0.2, 0.25) is 0 Å². The van der Waals surface area contributed by atoms with Gasteiger partial charge in [-0.3, -0.25) is 10.1 Å². The standard InChI is InChI=1S/C18H14Br2N2OS/c1-2-15-16(11-3-7-13(19)8-4-11)21-18(24-15)22-17(23)12-5-9-14(20)10-6-12/h3-10H,2H2,1H3,(H,21,22,23). The topological polar surface area (TPSA) is 42.0 Å². The van der Waals surface area contributed by atoms with E-state index in [4.69, 9.17) is 0 Å². The highest BCUT2D eigenvalue weighted by Crippen LogP contribution is 2.32. The molecule has 0 saturated heterocycles. The van der Waals surface area contributed by atoms with Gasteiger partial charge in [-0.2, -0.15) is 0 Å². The Hall–Kier alpha value is -1.50. The Balaban J connectivity index is 1.85. The maximum Gasteiger partial charge on any atom is 0.257 e. The van der Waals surface area contributed by atoms with Crippen LogP contribution in [0.25, 0.3) is 11.3 Å². The Morgan fingerprint density at radius 3 is 2.21 bits per heavy atom. The van der Waals surface area contributed by atoms with E-state index in [0.717, 1.165) is 31.5 Å². The molecule has 0 saturated carbocycles. The van der Waals surface area contributed by atoms with Crippen molar-refractivity contribution in [1.29, 1.82) is 0 Å². The van der Waals surface area contributed by atoms with Gasteiger partial charge in [-0.1, -0.05) is 50.9 Å². The minimum absolute atomic E-state index is 0.152. The number of anilines is 1. The lowest BCUT2D eigenvalue weighted by Gasteiger charge is -2.02. The first-order valence-corrected chi connectivity index (χ1v) is 9.79. The summed E-state index contributed by atoms with van der Waals surface area (Å²) in [5.41, 5.74) is 2.59. The smallest absolute Gasteiger partial charge is 0.257 e. The molecule has 1 heterocycles. The van der Waals surface area contributed by atoms with E-state index < -0.39 is 0 Å². The Morgan fingerprint density at radius 1 is 1.04 bits per heavy atom. The third-order valence-corrected chi connectivity index (χ3v) is 5.64. The number of hydrogen-bond donors (Lipinski definition) is 1. The van der Waals surface area contributed by atoms with E-state index in [-0.39, 0.29) is 5.91 Å². The molecule has 3 nitrogen and oxygen atoms in total. The SMILES string of the molecule is CCc1sc(NC(=O)c2ccc(Br)cc2)nc1-c1ccc(Br)cc1. The summed E-state index contributed by atoms with van der Waals surface area (Å²) in [6, 6.07) is 15.3. The van der Waals surface area contributed by atoms with Crippen LogP contribution in [-0.2, 0) is 6.42 Å². The monoisotopic (exact) mass is 464 g/mol. The molecule has 3 aromatic rings. The molecule has 122 valence electrons. The van der Waals surface area contributed by atoms with Gasteiger partial charge in [0.1, 0.15) is 0 Å². The highest BCUT2D eigenvalue weighted by atomic mass is 79.9. The quantitative estimate of drug-likeness (QED) is 0.502. The molecule has 24 heavy (non-hydrogen) atoms. The molecule has 6 heteroatoms. The van der Waals surface area contributed by atoms with E-state index in [9.17, 15) is 4.79 Å². The first kappa shape index (κ1) is 17.3. The number of carbonyl (C=O) groups is 1. The van der Waals surface area contributed by atoms with Gasteiger partial charge in [-0.15, -0.1) is 11.3 Å². The van der Waals surface area contributed by atoms with Gasteiger partial charge < -0.3 is 0 Å². The number of amides is 1. The third kappa shape index (κ3) is 3.94. The number of rotatable bonds is 4. The largest absolute Gasteiger partial charge is 0.298 e. The highest BCUT2D eigenvalue weighted by Gasteiger charge is 2.14. The highest BCUT2D eigenvalue weighted by molar-refractivity contribution is 9.10. The second-order valence-electron chi connectivity index (χ2n) is 5.11. The molecule has 0 aliphatic carbocycles. The number of nitrogens with one attached hydrogen (secondary N) is 1. The zero-order valence-corrected chi connectivity index (χ0v) is 16.8. The van der Waals surface area contributed by atoms with Crippen LogP contribution in [0.4, 0.5) is 5.13 Å². The number of nitrogens with zero attached hydrogens (tertiary/aromatic N) is 1. The minimum Gasteiger partial charge on any atom is -0.298 e. The van der Waals surface area contributed by atoms with Crippen LogP contribution in [0.1, 0.15) is 22.2 Å². The van der Waals surface area contributed by atoms with Crippen LogP contribution < -0.4 is 5.32 Å². The molecular formula is C18H14Br2N2OS. The maximum absolute atomic E-state index is 12.3. The Kier molecular flexibility index (Phi) is 5.48. The first-order valence-electron chi connectivity index (χ1n) is 7.39. The maximum atomic E-state index is 12.3. The molecule has 3 rings (SSSR count). The van der Waals surface area contributed by atoms with Crippen LogP contribution in [0, 0.1) is 0 Å². The molecule has 0 unspecified atom stereocenters. The van der Waals surface area contributed by atoms with Gasteiger partial charge in [-0.05, 0) is 42.8 Å². The summed E-state index contributed by atoms with van der Waals surface area (Å²) in [6.45, 7) is 2.09. The zero-order valence-electron chi connectivity index (χ0n) is 12.8. The van der Waals surface area contributed by atoms with E-state index in [1.165, 1.54) is 11.3 Å². The van der Waals surface area contributed by atoms with Gasteiger partial charge in [0.05, 0.1) is 5.69 Å². The Morgan fingerprint density at radius 2 is 1.62 bits per heavy atom. The fourth-order valence-electron chi connectivity index (χ4n) is 2.25. The molecule has 1 aromatic heterocycles. The fraction of sp³-hybridized carbons (Fsp3) is 0.111. The lowest BCUT2D eigenvalue weighted by Crippen LogP contribution is -2.11. The molecule has 0 bridgehead atoms. The summed E-state index contributed by atoms with van der Waals surface area (Å²) >= 11 is 8.33. The molecule has 0 fully saturated rings. The third-order valence-electron chi connectivity index (χ3n) is 3.46. The molecule has 0 spiro atoms. The van der Waals surface area contributed by atoms with Crippen LogP contribution >= 0.6 is 43.2 Å². The van der Waals surface area contributed by atoms with E-state index >= 15 is 0 Å². The number of hydrogen-bond acceptors (Lipinski definition) is 3. The van der Waals surface area contributed by atoms with Crippen LogP contribution in [0.5, 0.6) is 0 Å².